The predicted octanol–water partition coefficient (Wildman–Crippen LogP) is 2.91. The predicted molar refractivity (Wildman–Crippen MR) is 55.3 cm³/mol. The van der Waals surface area contributed by atoms with Crippen molar-refractivity contribution in [1.82, 2.24) is 4.98 Å². The van der Waals surface area contributed by atoms with Crippen molar-refractivity contribution in [3.8, 4) is 0 Å². The maximum Gasteiger partial charge on any atom is 0.127 e. The van der Waals surface area contributed by atoms with Gasteiger partial charge in [0.05, 0.1) is 0 Å². The summed E-state index contributed by atoms with van der Waals surface area (Å²) in [6.45, 7) is 5.30. The first-order valence-corrected chi connectivity index (χ1v) is 4.84. The van der Waals surface area contributed by atoms with Gasteiger partial charge in [-0.2, -0.15) is 0 Å². The molecule has 0 fully saturated rings. The molecule has 0 radical (unpaired) electrons. The molecule has 0 aliphatic rings. The van der Waals surface area contributed by atoms with Crippen molar-refractivity contribution in [3.05, 3.63) is 22.8 Å². The van der Waals surface area contributed by atoms with Crippen LogP contribution in [0.25, 0.3) is 0 Å². The van der Waals surface area contributed by atoms with Crippen LogP contribution in [0.5, 0.6) is 0 Å². The smallest absolute Gasteiger partial charge is 0.127 e. The van der Waals surface area contributed by atoms with Crippen molar-refractivity contribution in [2.75, 3.05) is 11.9 Å². The molecule has 2 nitrogen and oxygen atoms in total. The summed E-state index contributed by atoms with van der Waals surface area (Å²) in [6.07, 6.45) is 0. The molecule has 0 atom stereocenters. The highest BCUT2D eigenvalue weighted by Gasteiger charge is 1.95. The van der Waals surface area contributed by atoms with Crippen LogP contribution in [0, 0.1) is 5.92 Å². The molecule has 66 valence electrons. The number of rotatable bonds is 3. The van der Waals surface area contributed by atoms with E-state index in [0.717, 1.165) is 17.0 Å². The van der Waals surface area contributed by atoms with E-state index in [0.29, 0.717) is 5.92 Å². The zero-order valence-electron chi connectivity index (χ0n) is 7.34. The molecule has 0 aliphatic heterocycles. The Balaban J connectivity index is 2.52. The first-order valence-electron chi connectivity index (χ1n) is 4.05. The molecule has 0 aliphatic carbocycles. The van der Waals surface area contributed by atoms with Crippen LogP contribution < -0.4 is 5.32 Å². The summed E-state index contributed by atoms with van der Waals surface area (Å²) in [5.74, 6) is 1.57. The molecule has 1 aromatic rings. The Morgan fingerprint density at radius 3 is 2.83 bits per heavy atom. The Hall–Kier alpha value is -0.570. The number of halogens is 1. The molecule has 0 spiro atoms. The molecule has 0 aromatic carbocycles. The molecule has 0 bridgehead atoms. The normalized spacial score (nSPS) is 10.3. The van der Waals surface area contributed by atoms with E-state index in [2.05, 4.69) is 40.1 Å². The molecule has 0 saturated carbocycles. The standard InChI is InChI=1S/C9H13BrN2/c1-7(2)6-11-9-5-3-4-8(10)12-9/h3-5,7H,6H2,1-2H3,(H,11,12). The van der Waals surface area contributed by atoms with Crippen molar-refractivity contribution in [3.63, 3.8) is 0 Å². The largest absolute Gasteiger partial charge is 0.370 e. The molecule has 3 heteroatoms. The lowest BCUT2D eigenvalue weighted by Gasteiger charge is -2.07. The number of hydrogen-bond donors (Lipinski definition) is 1. The SMILES string of the molecule is CC(C)CNc1cccc(Br)n1. The van der Waals surface area contributed by atoms with Gasteiger partial charge in [-0.3, -0.25) is 0 Å². The molecule has 1 heterocycles. The lowest BCUT2D eigenvalue weighted by atomic mass is 10.2. The summed E-state index contributed by atoms with van der Waals surface area (Å²) in [4.78, 5) is 4.25. The summed E-state index contributed by atoms with van der Waals surface area (Å²) >= 11 is 3.32. The van der Waals surface area contributed by atoms with Gasteiger partial charge in [0.1, 0.15) is 10.4 Å². The average Bonchev–Trinajstić information content (AvgIpc) is 2.01. The van der Waals surface area contributed by atoms with E-state index in [-0.39, 0.29) is 0 Å². The molecule has 1 rings (SSSR count). The van der Waals surface area contributed by atoms with Gasteiger partial charge in [-0.1, -0.05) is 19.9 Å². The summed E-state index contributed by atoms with van der Waals surface area (Å²) in [7, 11) is 0. The number of aromatic nitrogens is 1. The molecule has 0 unspecified atom stereocenters. The number of pyridine rings is 1. The summed E-state index contributed by atoms with van der Waals surface area (Å²) in [5, 5.41) is 3.24. The van der Waals surface area contributed by atoms with Gasteiger partial charge in [0.25, 0.3) is 0 Å². The lowest BCUT2D eigenvalue weighted by Crippen LogP contribution is -2.08. The molecule has 1 aromatic heterocycles. The monoisotopic (exact) mass is 228 g/mol. The molecule has 1 N–H and O–H groups in total. The Kier molecular flexibility index (Phi) is 3.53. The van der Waals surface area contributed by atoms with Crippen LogP contribution >= 0.6 is 15.9 Å². The van der Waals surface area contributed by atoms with E-state index >= 15 is 0 Å². The van der Waals surface area contributed by atoms with Crippen molar-refractivity contribution < 1.29 is 0 Å². The Morgan fingerprint density at radius 2 is 2.25 bits per heavy atom. The second kappa shape index (κ2) is 4.45. The van der Waals surface area contributed by atoms with E-state index < -0.39 is 0 Å². The second-order valence-electron chi connectivity index (χ2n) is 3.12. The number of nitrogens with zero attached hydrogens (tertiary/aromatic N) is 1. The van der Waals surface area contributed by atoms with E-state index in [1.807, 2.05) is 18.2 Å². The van der Waals surface area contributed by atoms with Crippen LogP contribution in [0.2, 0.25) is 0 Å². The highest BCUT2D eigenvalue weighted by Crippen LogP contribution is 2.10. The van der Waals surface area contributed by atoms with Crippen molar-refractivity contribution in [2.45, 2.75) is 13.8 Å². The van der Waals surface area contributed by atoms with Gasteiger partial charge in [-0.25, -0.2) is 4.98 Å². The first kappa shape index (κ1) is 9.52. The fraction of sp³-hybridized carbons (Fsp3) is 0.444. The minimum atomic E-state index is 0.644. The minimum absolute atomic E-state index is 0.644. The van der Waals surface area contributed by atoms with Crippen LogP contribution in [0.3, 0.4) is 0 Å². The van der Waals surface area contributed by atoms with E-state index in [4.69, 9.17) is 0 Å². The first-order chi connectivity index (χ1) is 5.68. The van der Waals surface area contributed by atoms with Gasteiger partial charge in [0, 0.05) is 6.54 Å². The van der Waals surface area contributed by atoms with E-state index in [1.54, 1.807) is 0 Å². The average molecular weight is 229 g/mol. The molecule has 12 heavy (non-hydrogen) atoms. The highest BCUT2D eigenvalue weighted by atomic mass is 79.9. The van der Waals surface area contributed by atoms with Crippen molar-refractivity contribution >= 4 is 21.7 Å². The van der Waals surface area contributed by atoms with Crippen LogP contribution in [0.1, 0.15) is 13.8 Å². The lowest BCUT2D eigenvalue weighted by molar-refractivity contribution is 0.687. The van der Waals surface area contributed by atoms with Gasteiger partial charge in [0.2, 0.25) is 0 Å². The molecule has 0 saturated heterocycles. The fourth-order valence-electron chi connectivity index (χ4n) is 0.815. The third-order valence-electron chi connectivity index (χ3n) is 1.41. The van der Waals surface area contributed by atoms with E-state index in [1.165, 1.54) is 0 Å². The quantitative estimate of drug-likeness (QED) is 0.806. The van der Waals surface area contributed by atoms with E-state index in [9.17, 15) is 0 Å². The van der Waals surface area contributed by atoms with Crippen LogP contribution in [-0.4, -0.2) is 11.5 Å². The van der Waals surface area contributed by atoms with Gasteiger partial charge < -0.3 is 5.32 Å². The van der Waals surface area contributed by atoms with Crippen LogP contribution in [-0.2, 0) is 0 Å². The topological polar surface area (TPSA) is 24.9 Å². The van der Waals surface area contributed by atoms with Gasteiger partial charge >= 0.3 is 0 Å². The van der Waals surface area contributed by atoms with Crippen molar-refractivity contribution in [1.29, 1.82) is 0 Å². The second-order valence-corrected chi connectivity index (χ2v) is 3.93. The third-order valence-corrected chi connectivity index (χ3v) is 1.85. The summed E-state index contributed by atoms with van der Waals surface area (Å²) in [6, 6.07) is 5.85. The zero-order valence-corrected chi connectivity index (χ0v) is 8.93. The third kappa shape index (κ3) is 3.22. The highest BCUT2D eigenvalue weighted by molar-refractivity contribution is 9.10. The summed E-state index contributed by atoms with van der Waals surface area (Å²) < 4.78 is 0.872. The maximum absolute atomic E-state index is 4.25. The fourth-order valence-corrected chi connectivity index (χ4v) is 1.16. The van der Waals surface area contributed by atoms with Gasteiger partial charge in [0.15, 0.2) is 0 Å². The molecular formula is C9H13BrN2. The number of anilines is 1. The van der Waals surface area contributed by atoms with Gasteiger partial charge in [-0.15, -0.1) is 0 Å². The van der Waals surface area contributed by atoms with Crippen molar-refractivity contribution in [2.24, 2.45) is 5.92 Å². The minimum Gasteiger partial charge on any atom is -0.370 e. The number of hydrogen-bond acceptors (Lipinski definition) is 2. The summed E-state index contributed by atoms with van der Waals surface area (Å²) in [5.41, 5.74) is 0. The molecular weight excluding hydrogens is 216 g/mol. The Labute approximate surface area is 81.5 Å². The zero-order chi connectivity index (χ0) is 8.97. The van der Waals surface area contributed by atoms with Gasteiger partial charge in [-0.05, 0) is 34.0 Å². The molecule has 0 amide bonds. The van der Waals surface area contributed by atoms with Crippen LogP contribution in [0.4, 0.5) is 5.82 Å². The van der Waals surface area contributed by atoms with Crippen LogP contribution in [0.15, 0.2) is 22.8 Å². The maximum atomic E-state index is 4.25. The number of nitrogens with one attached hydrogen (secondary N) is 1. The Morgan fingerprint density at radius 1 is 1.50 bits per heavy atom. The Bertz CT molecular complexity index is 248.